The molecule has 2 amide bonds. The first-order valence-corrected chi connectivity index (χ1v) is 7.50. The molecule has 0 radical (unpaired) electrons. The van der Waals surface area contributed by atoms with Crippen molar-refractivity contribution >= 4 is 35.2 Å². The van der Waals surface area contributed by atoms with E-state index in [4.69, 9.17) is 5.11 Å². The van der Waals surface area contributed by atoms with Crippen molar-refractivity contribution in [3.63, 3.8) is 0 Å². The lowest BCUT2D eigenvalue weighted by molar-refractivity contribution is -0.140. The van der Waals surface area contributed by atoms with Crippen molar-refractivity contribution in [1.29, 1.82) is 0 Å². The number of thioether (sulfide) groups is 1. The normalized spacial score (nSPS) is 11.5. The van der Waals surface area contributed by atoms with Crippen LogP contribution in [0.25, 0.3) is 0 Å². The first-order valence-electron chi connectivity index (χ1n) is 6.35. The second-order valence-electron chi connectivity index (χ2n) is 4.53. The van der Waals surface area contributed by atoms with Gasteiger partial charge in [-0.1, -0.05) is 17.7 Å². The van der Waals surface area contributed by atoms with Gasteiger partial charge >= 0.3 is 5.97 Å². The maximum absolute atomic E-state index is 11.7. The summed E-state index contributed by atoms with van der Waals surface area (Å²) in [7, 11) is 0. The van der Waals surface area contributed by atoms with Crippen LogP contribution in [-0.2, 0) is 14.4 Å². The molecule has 1 unspecified atom stereocenters. The fourth-order valence-corrected chi connectivity index (χ4v) is 2.04. The van der Waals surface area contributed by atoms with Crippen LogP contribution < -0.4 is 10.6 Å². The summed E-state index contributed by atoms with van der Waals surface area (Å²) in [4.78, 5) is 33.6. The molecule has 6 nitrogen and oxygen atoms in total. The van der Waals surface area contributed by atoms with Crippen LogP contribution >= 0.6 is 11.8 Å². The number of carboxylic acids is 1. The fourth-order valence-electron chi connectivity index (χ4n) is 1.42. The Balaban J connectivity index is 2.26. The molecule has 0 aliphatic carbocycles. The molecule has 0 spiro atoms. The Morgan fingerprint density at radius 2 is 1.71 bits per heavy atom. The lowest BCUT2D eigenvalue weighted by atomic mass is 10.2. The topological polar surface area (TPSA) is 95.5 Å². The molecule has 0 bridgehead atoms. The number of rotatable bonds is 7. The molecule has 21 heavy (non-hydrogen) atoms. The van der Waals surface area contributed by atoms with Gasteiger partial charge in [-0.15, -0.1) is 11.8 Å². The van der Waals surface area contributed by atoms with Crippen LogP contribution in [0.4, 0.5) is 5.69 Å². The molecule has 0 saturated carbocycles. The highest BCUT2D eigenvalue weighted by Gasteiger charge is 2.14. The van der Waals surface area contributed by atoms with Crippen molar-refractivity contribution in [1.82, 2.24) is 5.32 Å². The van der Waals surface area contributed by atoms with E-state index >= 15 is 0 Å². The summed E-state index contributed by atoms with van der Waals surface area (Å²) in [6, 6.07) is 6.46. The molecule has 0 heterocycles. The SMILES string of the molecule is Cc1ccc(NC(=O)CSCC(=O)NC(C)C(=O)O)cc1. The van der Waals surface area contributed by atoms with E-state index < -0.39 is 17.9 Å². The minimum Gasteiger partial charge on any atom is -0.480 e. The lowest BCUT2D eigenvalue weighted by Crippen LogP contribution is -2.39. The van der Waals surface area contributed by atoms with E-state index in [0.717, 1.165) is 17.3 Å². The van der Waals surface area contributed by atoms with Crippen molar-refractivity contribution in [2.24, 2.45) is 0 Å². The van der Waals surface area contributed by atoms with Crippen LogP contribution in [0.3, 0.4) is 0 Å². The van der Waals surface area contributed by atoms with E-state index in [1.54, 1.807) is 12.1 Å². The number of aryl methyl sites for hydroxylation is 1. The van der Waals surface area contributed by atoms with Gasteiger partial charge in [0.1, 0.15) is 6.04 Å². The van der Waals surface area contributed by atoms with Gasteiger partial charge in [-0.3, -0.25) is 14.4 Å². The summed E-state index contributed by atoms with van der Waals surface area (Å²) >= 11 is 1.13. The van der Waals surface area contributed by atoms with Crippen LogP contribution in [0.15, 0.2) is 24.3 Å². The van der Waals surface area contributed by atoms with E-state index in [9.17, 15) is 14.4 Å². The minimum atomic E-state index is -1.09. The monoisotopic (exact) mass is 310 g/mol. The van der Waals surface area contributed by atoms with Crippen LogP contribution in [0.1, 0.15) is 12.5 Å². The first-order chi connectivity index (χ1) is 9.88. The van der Waals surface area contributed by atoms with Crippen molar-refractivity contribution in [2.75, 3.05) is 16.8 Å². The van der Waals surface area contributed by atoms with Gasteiger partial charge < -0.3 is 15.7 Å². The molecule has 1 aromatic rings. The molecule has 0 fully saturated rings. The molecule has 7 heteroatoms. The number of amides is 2. The van der Waals surface area contributed by atoms with E-state index in [1.165, 1.54) is 6.92 Å². The van der Waals surface area contributed by atoms with E-state index in [0.29, 0.717) is 5.69 Å². The predicted molar refractivity (Wildman–Crippen MR) is 82.4 cm³/mol. The molecule has 1 atom stereocenters. The van der Waals surface area contributed by atoms with Gasteiger partial charge in [0.15, 0.2) is 0 Å². The summed E-state index contributed by atoms with van der Waals surface area (Å²) in [5.74, 6) is -1.53. The Hall–Kier alpha value is -2.02. The second-order valence-corrected chi connectivity index (χ2v) is 5.52. The summed E-state index contributed by atoms with van der Waals surface area (Å²) in [5.41, 5.74) is 1.81. The van der Waals surface area contributed by atoms with Gasteiger partial charge in [-0.2, -0.15) is 0 Å². The third kappa shape index (κ3) is 6.80. The Morgan fingerprint density at radius 3 is 2.29 bits per heavy atom. The predicted octanol–water partition coefficient (Wildman–Crippen LogP) is 1.26. The Morgan fingerprint density at radius 1 is 1.14 bits per heavy atom. The van der Waals surface area contributed by atoms with Crippen LogP contribution in [0.5, 0.6) is 0 Å². The maximum Gasteiger partial charge on any atom is 0.325 e. The summed E-state index contributed by atoms with van der Waals surface area (Å²) in [6.45, 7) is 3.34. The number of aliphatic carboxylic acids is 1. The summed E-state index contributed by atoms with van der Waals surface area (Å²) in [6.07, 6.45) is 0. The van der Waals surface area contributed by atoms with E-state index in [2.05, 4.69) is 10.6 Å². The molecular formula is C14H18N2O4S. The number of carboxylic acid groups (broad SMARTS) is 1. The van der Waals surface area contributed by atoms with Gasteiger partial charge in [-0.25, -0.2) is 0 Å². The van der Waals surface area contributed by atoms with Gasteiger partial charge in [-0.05, 0) is 26.0 Å². The van der Waals surface area contributed by atoms with E-state index in [-0.39, 0.29) is 17.4 Å². The molecule has 0 saturated heterocycles. The highest BCUT2D eigenvalue weighted by Crippen LogP contribution is 2.09. The number of carbonyl (C=O) groups is 3. The third-order valence-corrected chi connectivity index (χ3v) is 3.48. The maximum atomic E-state index is 11.7. The zero-order valence-electron chi connectivity index (χ0n) is 11.9. The van der Waals surface area contributed by atoms with Crippen molar-refractivity contribution in [3.8, 4) is 0 Å². The van der Waals surface area contributed by atoms with Crippen molar-refractivity contribution in [3.05, 3.63) is 29.8 Å². The number of hydrogen-bond acceptors (Lipinski definition) is 4. The van der Waals surface area contributed by atoms with Crippen LogP contribution in [-0.4, -0.2) is 40.4 Å². The molecule has 1 aromatic carbocycles. The zero-order chi connectivity index (χ0) is 15.8. The van der Waals surface area contributed by atoms with Crippen LogP contribution in [0, 0.1) is 6.92 Å². The average molecular weight is 310 g/mol. The van der Waals surface area contributed by atoms with Gasteiger partial charge in [0, 0.05) is 5.69 Å². The second kappa shape index (κ2) is 8.31. The molecule has 0 aromatic heterocycles. The van der Waals surface area contributed by atoms with E-state index in [1.807, 2.05) is 19.1 Å². The number of hydrogen-bond donors (Lipinski definition) is 3. The molecule has 0 aliphatic heterocycles. The molecule has 3 N–H and O–H groups in total. The first kappa shape index (κ1) is 17.0. The Kier molecular flexibility index (Phi) is 6.74. The third-order valence-electron chi connectivity index (χ3n) is 2.55. The number of benzene rings is 1. The molecule has 0 aliphatic rings. The average Bonchev–Trinajstić information content (AvgIpc) is 2.41. The largest absolute Gasteiger partial charge is 0.480 e. The Labute approximate surface area is 127 Å². The summed E-state index contributed by atoms with van der Waals surface area (Å²) < 4.78 is 0. The Bertz CT molecular complexity index is 516. The standard InChI is InChI=1S/C14H18N2O4S/c1-9-3-5-11(6-4-9)16-13(18)8-21-7-12(17)15-10(2)14(19)20/h3-6,10H,7-8H2,1-2H3,(H,15,17)(H,16,18)(H,19,20). The minimum absolute atomic E-state index is 0.0406. The molecule has 1 rings (SSSR count). The highest BCUT2D eigenvalue weighted by atomic mass is 32.2. The molecular weight excluding hydrogens is 292 g/mol. The van der Waals surface area contributed by atoms with Crippen LogP contribution in [0.2, 0.25) is 0 Å². The quantitative estimate of drug-likeness (QED) is 0.704. The summed E-state index contributed by atoms with van der Waals surface area (Å²) in [5, 5.41) is 13.7. The molecule has 114 valence electrons. The lowest BCUT2D eigenvalue weighted by Gasteiger charge is -2.09. The smallest absolute Gasteiger partial charge is 0.325 e. The van der Waals surface area contributed by atoms with Gasteiger partial charge in [0.05, 0.1) is 11.5 Å². The van der Waals surface area contributed by atoms with Crippen molar-refractivity contribution in [2.45, 2.75) is 19.9 Å². The van der Waals surface area contributed by atoms with Gasteiger partial charge in [0.25, 0.3) is 0 Å². The number of nitrogens with one attached hydrogen (secondary N) is 2. The highest BCUT2D eigenvalue weighted by molar-refractivity contribution is 8.00. The van der Waals surface area contributed by atoms with Gasteiger partial charge in [0.2, 0.25) is 11.8 Å². The zero-order valence-corrected chi connectivity index (χ0v) is 12.7. The van der Waals surface area contributed by atoms with Crippen molar-refractivity contribution < 1.29 is 19.5 Å². The number of carbonyl (C=O) groups excluding carboxylic acids is 2. The fraction of sp³-hybridized carbons (Fsp3) is 0.357. The number of anilines is 1.